The molecule has 9 heteroatoms. The van der Waals surface area contributed by atoms with Crippen molar-refractivity contribution in [3.8, 4) is 0 Å². The van der Waals surface area contributed by atoms with Crippen LogP contribution in [0, 0.1) is 0 Å². The molecule has 0 aliphatic carbocycles. The van der Waals surface area contributed by atoms with Crippen molar-refractivity contribution in [2.75, 3.05) is 6.79 Å². The lowest BCUT2D eigenvalue weighted by atomic mass is 10.5. The van der Waals surface area contributed by atoms with Crippen LogP contribution < -0.4 is 0 Å². The van der Waals surface area contributed by atoms with E-state index in [1.807, 2.05) is 0 Å². The van der Waals surface area contributed by atoms with E-state index >= 15 is 0 Å². The SMILES string of the molecule is FC(F)(F)OC1=C(C(F)(F)F)OCO1. The second kappa shape index (κ2) is 3.14. The molecule has 0 radical (unpaired) electrons. The van der Waals surface area contributed by atoms with Gasteiger partial charge in [-0.05, 0) is 0 Å². The molecule has 0 atom stereocenters. The predicted molar refractivity (Wildman–Crippen MR) is 27.3 cm³/mol. The molecule has 1 heterocycles. The molecule has 3 nitrogen and oxygen atoms in total. The van der Waals surface area contributed by atoms with E-state index in [-0.39, 0.29) is 0 Å². The highest BCUT2D eigenvalue weighted by Crippen LogP contribution is 2.36. The van der Waals surface area contributed by atoms with Crippen LogP contribution in [-0.4, -0.2) is 19.3 Å². The third-order valence-electron chi connectivity index (χ3n) is 1.04. The third-order valence-corrected chi connectivity index (χ3v) is 1.04. The Balaban J connectivity index is 2.84. The summed E-state index contributed by atoms with van der Waals surface area (Å²) in [6, 6.07) is 0. The predicted octanol–water partition coefficient (Wildman–Crippen LogP) is 2.26. The highest BCUT2D eigenvalue weighted by Gasteiger charge is 2.47. The molecule has 1 aliphatic heterocycles. The third kappa shape index (κ3) is 2.60. The van der Waals surface area contributed by atoms with Gasteiger partial charge in [0.25, 0.3) is 5.76 Å². The quantitative estimate of drug-likeness (QED) is 0.639. The summed E-state index contributed by atoms with van der Waals surface area (Å²) in [4.78, 5) is 0. The molecule has 0 amide bonds. The topological polar surface area (TPSA) is 27.7 Å². The first-order valence-electron chi connectivity index (χ1n) is 3.03. The van der Waals surface area contributed by atoms with Crippen LogP contribution >= 0.6 is 0 Å². The van der Waals surface area contributed by atoms with Crippen molar-refractivity contribution >= 4 is 0 Å². The molecule has 0 aromatic rings. The molecule has 14 heavy (non-hydrogen) atoms. The minimum atomic E-state index is -5.25. The van der Waals surface area contributed by atoms with Crippen molar-refractivity contribution < 1.29 is 40.6 Å². The first-order valence-corrected chi connectivity index (χ1v) is 3.03. The number of rotatable bonds is 1. The lowest BCUT2D eigenvalue weighted by molar-refractivity contribution is -0.321. The number of ether oxygens (including phenoxy) is 3. The Morgan fingerprint density at radius 3 is 2.00 bits per heavy atom. The summed E-state index contributed by atoms with van der Waals surface area (Å²) < 4.78 is 80.8. The molecule has 0 fully saturated rings. The zero-order chi connectivity index (χ0) is 11.0. The van der Waals surface area contributed by atoms with E-state index in [1.165, 1.54) is 0 Å². The van der Waals surface area contributed by atoms with Gasteiger partial charge in [0, 0.05) is 0 Å². The molecular formula is C5H2F6O3. The summed E-state index contributed by atoms with van der Waals surface area (Å²) in [6.45, 7) is -0.958. The van der Waals surface area contributed by atoms with Crippen LogP contribution in [-0.2, 0) is 14.2 Å². The van der Waals surface area contributed by atoms with E-state index in [0.29, 0.717) is 0 Å². The molecule has 0 bridgehead atoms. The summed E-state index contributed by atoms with van der Waals surface area (Å²) in [5.41, 5.74) is 0. The van der Waals surface area contributed by atoms with Crippen molar-refractivity contribution in [3.63, 3.8) is 0 Å². The first-order chi connectivity index (χ1) is 6.20. The highest BCUT2D eigenvalue weighted by atomic mass is 19.4. The number of alkyl halides is 6. The summed E-state index contributed by atoms with van der Waals surface area (Å²) in [5.74, 6) is -3.64. The summed E-state index contributed by atoms with van der Waals surface area (Å²) >= 11 is 0. The average molecular weight is 224 g/mol. The van der Waals surface area contributed by atoms with Crippen molar-refractivity contribution in [1.82, 2.24) is 0 Å². The van der Waals surface area contributed by atoms with E-state index in [1.54, 1.807) is 0 Å². The normalized spacial score (nSPS) is 17.9. The molecule has 0 saturated heterocycles. The fraction of sp³-hybridized carbons (Fsp3) is 0.600. The van der Waals surface area contributed by atoms with E-state index < -0.39 is 31.0 Å². The fourth-order valence-corrected chi connectivity index (χ4v) is 0.645. The standard InChI is InChI=1S/C5H2F6O3/c6-4(7,8)2-3(13-1-12-2)14-5(9,10)11/h1H2. The minimum Gasteiger partial charge on any atom is -0.446 e. The summed E-state index contributed by atoms with van der Waals surface area (Å²) in [6.07, 6.45) is -10.3. The molecular weight excluding hydrogens is 222 g/mol. The van der Waals surface area contributed by atoms with E-state index in [4.69, 9.17) is 0 Å². The van der Waals surface area contributed by atoms with Crippen LogP contribution in [0.1, 0.15) is 0 Å². The van der Waals surface area contributed by atoms with Gasteiger partial charge in [0.05, 0.1) is 0 Å². The van der Waals surface area contributed by atoms with E-state index in [0.717, 1.165) is 0 Å². The lowest BCUT2D eigenvalue weighted by Crippen LogP contribution is -2.18. The Labute approximate surface area is 72.8 Å². The van der Waals surface area contributed by atoms with Crippen molar-refractivity contribution in [3.05, 3.63) is 11.7 Å². The van der Waals surface area contributed by atoms with Crippen LogP contribution in [0.4, 0.5) is 26.3 Å². The monoisotopic (exact) mass is 224 g/mol. The van der Waals surface area contributed by atoms with Crippen LogP contribution in [0.3, 0.4) is 0 Å². The second-order valence-corrected chi connectivity index (χ2v) is 2.07. The molecule has 1 rings (SSSR count). The van der Waals surface area contributed by atoms with Crippen molar-refractivity contribution in [2.24, 2.45) is 0 Å². The Morgan fingerprint density at radius 1 is 1.00 bits per heavy atom. The maximum atomic E-state index is 11.9. The maximum absolute atomic E-state index is 11.9. The Hall–Kier alpha value is -1.28. The number of hydrogen-bond donors (Lipinski definition) is 0. The van der Waals surface area contributed by atoms with E-state index in [9.17, 15) is 26.3 Å². The first kappa shape index (κ1) is 10.8. The van der Waals surface area contributed by atoms with Gasteiger partial charge in [-0.3, -0.25) is 0 Å². The van der Waals surface area contributed by atoms with Crippen LogP contribution in [0.2, 0.25) is 0 Å². The van der Waals surface area contributed by atoms with Crippen LogP contribution in [0.5, 0.6) is 0 Å². The van der Waals surface area contributed by atoms with Gasteiger partial charge in [0.1, 0.15) is 0 Å². The van der Waals surface area contributed by atoms with Gasteiger partial charge >= 0.3 is 18.5 Å². The average Bonchev–Trinajstić information content (AvgIpc) is 2.29. The van der Waals surface area contributed by atoms with Gasteiger partial charge in [0.15, 0.2) is 0 Å². The van der Waals surface area contributed by atoms with Gasteiger partial charge in [-0.2, -0.15) is 13.2 Å². The van der Waals surface area contributed by atoms with Crippen molar-refractivity contribution in [1.29, 1.82) is 0 Å². The molecule has 0 saturated carbocycles. The lowest BCUT2D eigenvalue weighted by Gasteiger charge is -2.09. The zero-order valence-corrected chi connectivity index (χ0v) is 6.20. The van der Waals surface area contributed by atoms with Crippen LogP contribution in [0.15, 0.2) is 11.7 Å². The summed E-state index contributed by atoms with van der Waals surface area (Å²) in [5, 5.41) is 0. The van der Waals surface area contributed by atoms with Gasteiger partial charge < -0.3 is 14.2 Å². The van der Waals surface area contributed by atoms with Crippen molar-refractivity contribution in [2.45, 2.75) is 12.5 Å². The molecule has 0 unspecified atom stereocenters. The van der Waals surface area contributed by atoms with Crippen LogP contribution in [0.25, 0.3) is 0 Å². The zero-order valence-electron chi connectivity index (χ0n) is 6.20. The molecule has 0 spiro atoms. The van der Waals surface area contributed by atoms with Gasteiger partial charge in [0.2, 0.25) is 6.79 Å². The number of allylic oxidation sites excluding steroid dienone is 1. The molecule has 0 N–H and O–H groups in total. The van der Waals surface area contributed by atoms with Gasteiger partial charge in [-0.1, -0.05) is 0 Å². The number of halogens is 6. The van der Waals surface area contributed by atoms with E-state index in [2.05, 4.69) is 14.2 Å². The molecule has 0 aromatic carbocycles. The second-order valence-electron chi connectivity index (χ2n) is 2.07. The van der Waals surface area contributed by atoms with Gasteiger partial charge in [-0.15, -0.1) is 13.2 Å². The summed E-state index contributed by atoms with van der Waals surface area (Å²) in [7, 11) is 0. The van der Waals surface area contributed by atoms with Gasteiger partial charge in [-0.25, -0.2) is 0 Å². The number of hydrogen-bond acceptors (Lipinski definition) is 3. The fourth-order valence-electron chi connectivity index (χ4n) is 0.645. The Bertz CT molecular complexity index is 251. The maximum Gasteiger partial charge on any atom is 0.575 e. The largest absolute Gasteiger partial charge is 0.575 e. The molecule has 1 aliphatic rings. The Morgan fingerprint density at radius 2 is 1.57 bits per heavy atom. The minimum absolute atomic E-state index is 0.958. The molecule has 82 valence electrons. The molecule has 0 aromatic heterocycles. The smallest absolute Gasteiger partial charge is 0.446 e. The Kier molecular flexibility index (Phi) is 2.42. The highest BCUT2D eigenvalue weighted by molar-refractivity contribution is 5.04.